The lowest BCUT2D eigenvalue weighted by molar-refractivity contribution is -0.179. The van der Waals surface area contributed by atoms with Crippen LogP contribution in [-0.4, -0.2) is 56.0 Å². The van der Waals surface area contributed by atoms with E-state index in [1.807, 2.05) is 13.8 Å². The van der Waals surface area contributed by atoms with Crippen LogP contribution in [0.1, 0.15) is 46.0 Å². The van der Waals surface area contributed by atoms with E-state index < -0.39 is 23.8 Å². The predicted octanol–water partition coefficient (Wildman–Crippen LogP) is 2.92. The van der Waals surface area contributed by atoms with Crippen molar-refractivity contribution in [2.24, 2.45) is 5.92 Å². The monoisotopic (exact) mass is 448 g/mol. The normalized spacial score (nSPS) is 26.2. The Hall–Kier alpha value is -2.71. The first-order chi connectivity index (χ1) is 15.1. The van der Waals surface area contributed by atoms with Gasteiger partial charge in [0.05, 0.1) is 20.3 Å². The first-order valence-corrected chi connectivity index (χ1v) is 10.5. The summed E-state index contributed by atoms with van der Waals surface area (Å²) in [6.45, 7) is 3.96. The molecule has 2 aliphatic heterocycles. The summed E-state index contributed by atoms with van der Waals surface area (Å²) in [7, 11) is 3.96. The SMILES string of the molecule is COC(=O)C1=CCC(CC=C(C)C)CC2(OC)OC(=CC(O)CC(=O)C1)C=C2C(=O)OC. The van der Waals surface area contributed by atoms with Crippen molar-refractivity contribution in [3.63, 3.8) is 0 Å². The summed E-state index contributed by atoms with van der Waals surface area (Å²) in [5, 5.41) is 10.4. The smallest absolute Gasteiger partial charge is 0.340 e. The van der Waals surface area contributed by atoms with Crippen molar-refractivity contribution in [2.45, 2.75) is 57.8 Å². The van der Waals surface area contributed by atoms with Crippen LogP contribution in [0.2, 0.25) is 0 Å². The number of allylic oxidation sites excluding steroid dienone is 4. The maximum atomic E-state index is 12.5. The van der Waals surface area contributed by atoms with Crippen molar-refractivity contribution in [2.75, 3.05) is 21.3 Å². The summed E-state index contributed by atoms with van der Waals surface area (Å²) in [4.78, 5) is 37.2. The highest BCUT2D eigenvalue weighted by Gasteiger charge is 2.47. The van der Waals surface area contributed by atoms with E-state index in [4.69, 9.17) is 18.9 Å². The van der Waals surface area contributed by atoms with Crippen molar-refractivity contribution in [3.8, 4) is 0 Å². The van der Waals surface area contributed by atoms with Gasteiger partial charge in [0.1, 0.15) is 17.1 Å². The van der Waals surface area contributed by atoms with Crippen LogP contribution in [0, 0.1) is 5.92 Å². The van der Waals surface area contributed by atoms with Gasteiger partial charge in [-0.25, -0.2) is 9.59 Å². The molecule has 0 amide bonds. The van der Waals surface area contributed by atoms with Crippen molar-refractivity contribution in [3.05, 3.63) is 46.8 Å². The van der Waals surface area contributed by atoms with Crippen LogP contribution >= 0.6 is 0 Å². The van der Waals surface area contributed by atoms with Crippen LogP contribution < -0.4 is 0 Å². The molecule has 0 spiro atoms. The lowest BCUT2D eigenvalue weighted by Crippen LogP contribution is -2.39. The quantitative estimate of drug-likeness (QED) is 0.505. The van der Waals surface area contributed by atoms with E-state index in [-0.39, 0.29) is 47.9 Å². The standard InChI is InChI=1S/C24H32O8/c1-15(2)6-7-16-8-9-17(22(27)29-3)10-18(25)11-19(26)12-20-13-21(23(28)30-4)24(14-16,31-5)32-20/h6,9,12-13,16,19,26H,7-8,10-11,14H2,1-5H3. The first kappa shape index (κ1) is 25.5. The van der Waals surface area contributed by atoms with Gasteiger partial charge in [0.25, 0.3) is 0 Å². The topological polar surface area (TPSA) is 108 Å². The van der Waals surface area contributed by atoms with Crippen LogP contribution in [0.4, 0.5) is 0 Å². The molecule has 176 valence electrons. The van der Waals surface area contributed by atoms with E-state index in [0.717, 1.165) is 5.57 Å². The summed E-state index contributed by atoms with van der Waals surface area (Å²) in [6.07, 6.45) is 6.38. The summed E-state index contributed by atoms with van der Waals surface area (Å²) in [6, 6.07) is 0. The molecule has 0 aromatic heterocycles. The van der Waals surface area contributed by atoms with E-state index in [9.17, 15) is 19.5 Å². The molecule has 0 aromatic rings. The van der Waals surface area contributed by atoms with Gasteiger partial charge in [-0.05, 0) is 44.8 Å². The third-order valence-electron chi connectivity index (χ3n) is 5.46. The average Bonchev–Trinajstić information content (AvgIpc) is 3.10. The number of esters is 2. The molecule has 2 bridgehead atoms. The van der Waals surface area contributed by atoms with Gasteiger partial charge in [-0.15, -0.1) is 0 Å². The number of fused-ring (bicyclic) bond motifs is 2. The fourth-order valence-electron chi connectivity index (χ4n) is 3.80. The zero-order valence-electron chi connectivity index (χ0n) is 19.3. The van der Waals surface area contributed by atoms with Gasteiger partial charge >= 0.3 is 11.9 Å². The number of carbonyl (C=O) groups excluding carboxylic acids is 3. The van der Waals surface area contributed by atoms with Crippen LogP contribution in [0.5, 0.6) is 0 Å². The van der Waals surface area contributed by atoms with Crippen molar-refractivity contribution < 1.29 is 38.4 Å². The first-order valence-electron chi connectivity index (χ1n) is 10.5. The third kappa shape index (κ3) is 6.40. The number of ketones is 1. The van der Waals surface area contributed by atoms with E-state index in [1.54, 1.807) is 6.08 Å². The van der Waals surface area contributed by atoms with Gasteiger partial charge in [0.2, 0.25) is 5.79 Å². The molecule has 0 fully saturated rings. The van der Waals surface area contributed by atoms with Crippen LogP contribution in [0.3, 0.4) is 0 Å². The van der Waals surface area contributed by atoms with Gasteiger partial charge in [0, 0.05) is 31.9 Å². The Labute approximate surface area is 188 Å². The van der Waals surface area contributed by atoms with E-state index >= 15 is 0 Å². The molecule has 2 heterocycles. The highest BCUT2D eigenvalue weighted by atomic mass is 16.7. The number of rotatable bonds is 5. The van der Waals surface area contributed by atoms with Gasteiger partial charge in [-0.1, -0.05) is 17.7 Å². The van der Waals surface area contributed by atoms with Crippen molar-refractivity contribution in [1.29, 1.82) is 0 Å². The molecule has 0 aromatic carbocycles. The second-order valence-electron chi connectivity index (χ2n) is 8.21. The minimum absolute atomic E-state index is 0.0994. The molecular weight excluding hydrogens is 416 g/mol. The van der Waals surface area contributed by atoms with Gasteiger partial charge in [0.15, 0.2) is 0 Å². The second kappa shape index (κ2) is 11.2. The van der Waals surface area contributed by atoms with E-state index in [1.165, 1.54) is 33.5 Å². The number of aliphatic hydroxyl groups is 1. The molecule has 0 saturated carbocycles. The Balaban J connectivity index is 2.56. The number of carbonyl (C=O) groups is 3. The summed E-state index contributed by atoms with van der Waals surface area (Å²) >= 11 is 0. The summed E-state index contributed by atoms with van der Waals surface area (Å²) in [5.74, 6) is -2.82. The molecule has 32 heavy (non-hydrogen) atoms. The van der Waals surface area contributed by atoms with E-state index in [2.05, 4.69) is 6.08 Å². The van der Waals surface area contributed by atoms with Crippen LogP contribution in [0.25, 0.3) is 0 Å². The molecule has 3 unspecified atom stereocenters. The molecule has 3 atom stereocenters. The second-order valence-corrected chi connectivity index (χ2v) is 8.21. The summed E-state index contributed by atoms with van der Waals surface area (Å²) < 4.78 is 21.5. The van der Waals surface area contributed by atoms with E-state index in [0.29, 0.717) is 12.8 Å². The number of hydrogen-bond donors (Lipinski definition) is 1. The maximum Gasteiger partial charge on any atom is 0.340 e. The number of ether oxygens (including phenoxy) is 4. The van der Waals surface area contributed by atoms with Gasteiger partial charge < -0.3 is 24.1 Å². The zero-order valence-corrected chi connectivity index (χ0v) is 19.3. The van der Waals surface area contributed by atoms with Gasteiger partial charge in [-0.3, -0.25) is 4.79 Å². The highest BCUT2D eigenvalue weighted by Crippen LogP contribution is 2.41. The number of aliphatic hydroxyl groups excluding tert-OH is 1. The number of hydrogen-bond acceptors (Lipinski definition) is 8. The molecule has 0 radical (unpaired) electrons. The maximum absolute atomic E-state index is 12.5. The highest BCUT2D eigenvalue weighted by molar-refractivity contribution is 5.96. The Bertz CT molecular complexity index is 859. The molecule has 2 rings (SSSR count). The van der Waals surface area contributed by atoms with Gasteiger partial charge in [-0.2, -0.15) is 0 Å². The fourth-order valence-corrected chi connectivity index (χ4v) is 3.80. The third-order valence-corrected chi connectivity index (χ3v) is 5.46. The minimum atomic E-state index is -1.42. The predicted molar refractivity (Wildman–Crippen MR) is 116 cm³/mol. The Kier molecular flexibility index (Phi) is 8.98. The molecule has 1 N–H and O–H groups in total. The fraction of sp³-hybridized carbons (Fsp3) is 0.542. The van der Waals surface area contributed by atoms with Crippen LogP contribution in [0.15, 0.2) is 46.8 Å². The molecular formula is C24H32O8. The minimum Gasteiger partial charge on any atom is -0.466 e. The number of Topliss-reactive ketones (excluding diaryl/α,β-unsaturated/α-hetero) is 1. The van der Waals surface area contributed by atoms with Crippen LogP contribution in [-0.2, 0) is 33.3 Å². The zero-order chi connectivity index (χ0) is 23.9. The Morgan fingerprint density at radius 3 is 2.50 bits per heavy atom. The Morgan fingerprint density at radius 1 is 1.22 bits per heavy atom. The lowest BCUT2D eigenvalue weighted by atomic mass is 9.87. The molecule has 8 nitrogen and oxygen atoms in total. The van der Waals surface area contributed by atoms with Crippen molar-refractivity contribution >= 4 is 17.7 Å². The molecule has 0 saturated heterocycles. The average molecular weight is 449 g/mol. The molecule has 0 aliphatic carbocycles. The molecule has 2 aliphatic rings. The largest absolute Gasteiger partial charge is 0.466 e. The van der Waals surface area contributed by atoms with Crippen molar-refractivity contribution in [1.82, 2.24) is 0 Å². The number of methoxy groups -OCH3 is 3. The molecule has 8 heteroatoms. The Morgan fingerprint density at radius 2 is 1.91 bits per heavy atom. The lowest BCUT2D eigenvalue weighted by Gasteiger charge is -2.32. The summed E-state index contributed by atoms with van der Waals surface area (Å²) in [5.41, 5.74) is 1.52.